The SMILES string of the molecule is CCCCCCCC.C[C@@H](N)c1ccccc1. The zero-order chi connectivity index (χ0) is 12.9. The molecule has 1 rings (SSSR count). The molecule has 1 aromatic carbocycles. The van der Waals surface area contributed by atoms with Crippen LogP contribution >= 0.6 is 0 Å². The Morgan fingerprint density at radius 2 is 1.35 bits per heavy atom. The standard InChI is InChI=1S/C8H11N.C8H18/c1-7(9)8-5-3-2-4-6-8;1-3-5-7-8-6-4-2/h2-7H,9H2,1H3;3-8H2,1-2H3/t7-;/m1./s1. The third kappa shape index (κ3) is 10.1. The second kappa shape index (κ2) is 11.7. The Labute approximate surface area is 107 Å². The molecule has 1 nitrogen and oxygen atoms in total. The highest BCUT2D eigenvalue weighted by Crippen LogP contribution is 2.06. The van der Waals surface area contributed by atoms with E-state index in [9.17, 15) is 0 Å². The topological polar surface area (TPSA) is 26.0 Å². The summed E-state index contributed by atoms with van der Waals surface area (Å²) in [4.78, 5) is 0. The lowest BCUT2D eigenvalue weighted by atomic mass is 10.1. The van der Waals surface area contributed by atoms with Crippen LogP contribution in [0.15, 0.2) is 30.3 Å². The van der Waals surface area contributed by atoms with Gasteiger partial charge < -0.3 is 5.73 Å². The maximum atomic E-state index is 5.61. The van der Waals surface area contributed by atoms with E-state index >= 15 is 0 Å². The van der Waals surface area contributed by atoms with Crippen molar-refractivity contribution < 1.29 is 0 Å². The van der Waals surface area contributed by atoms with E-state index in [2.05, 4.69) is 13.8 Å². The highest BCUT2D eigenvalue weighted by Gasteiger charge is 1.93. The van der Waals surface area contributed by atoms with Crippen LogP contribution in [0.3, 0.4) is 0 Å². The first kappa shape index (κ1) is 16.2. The van der Waals surface area contributed by atoms with E-state index in [4.69, 9.17) is 5.73 Å². The second-order valence-corrected chi connectivity index (χ2v) is 4.61. The fourth-order valence-electron chi connectivity index (χ4n) is 1.61. The third-order valence-electron chi connectivity index (χ3n) is 2.78. The largest absolute Gasteiger partial charge is 0.324 e. The molecule has 0 aliphatic heterocycles. The Morgan fingerprint density at radius 1 is 0.882 bits per heavy atom. The molecule has 0 saturated carbocycles. The summed E-state index contributed by atoms with van der Waals surface area (Å²) < 4.78 is 0. The van der Waals surface area contributed by atoms with Crippen molar-refractivity contribution in [2.75, 3.05) is 0 Å². The molecule has 1 aromatic rings. The molecule has 0 spiro atoms. The van der Waals surface area contributed by atoms with E-state index in [0.29, 0.717) is 0 Å². The van der Waals surface area contributed by atoms with Gasteiger partial charge in [0.2, 0.25) is 0 Å². The van der Waals surface area contributed by atoms with Crippen LogP contribution in [-0.4, -0.2) is 0 Å². The van der Waals surface area contributed by atoms with Crippen LogP contribution < -0.4 is 5.73 Å². The number of nitrogens with two attached hydrogens (primary N) is 1. The molecule has 98 valence electrons. The molecule has 0 radical (unpaired) electrons. The van der Waals surface area contributed by atoms with Crippen molar-refractivity contribution in [1.82, 2.24) is 0 Å². The van der Waals surface area contributed by atoms with Gasteiger partial charge in [-0.05, 0) is 12.5 Å². The molecule has 0 amide bonds. The molecule has 0 heterocycles. The van der Waals surface area contributed by atoms with Gasteiger partial charge in [-0.15, -0.1) is 0 Å². The van der Waals surface area contributed by atoms with E-state index in [1.807, 2.05) is 37.3 Å². The Hall–Kier alpha value is -0.820. The maximum absolute atomic E-state index is 5.61. The lowest BCUT2D eigenvalue weighted by Crippen LogP contribution is -2.03. The van der Waals surface area contributed by atoms with Crippen LogP contribution in [0.2, 0.25) is 0 Å². The van der Waals surface area contributed by atoms with Crippen molar-refractivity contribution in [2.24, 2.45) is 5.73 Å². The first-order valence-corrected chi connectivity index (χ1v) is 7.02. The lowest BCUT2D eigenvalue weighted by molar-refractivity contribution is 0.624. The molecule has 0 saturated heterocycles. The van der Waals surface area contributed by atoms with Crippen molar-refractivity contribution in [3.05, 3.63) is 35.9 Å². The maximum Gasteiger partial charge on any atom is 0.0266 e. The van der Waals surface area contributed by atoms with E-state index in [1.165, 1.54) is 44.1 Å². The molecule has 0 unspecified atom stereocenters. The number of rotatable bonds is 6. The predicted octanol–water partition coefficient (Wildman–Crippen LogP) is 5.07. The molecule has 0 fully saturated rings. The fraction of sp³-hybridized carbons (Fsp3) is 0.625. The zero-order valence-corrected chi connectivity index (χ0v) is 11.8. The molecule has 0 bridgehead atoms. The van der Waals surface area contributed by atoms with Gasteiger partial charge >= 0.3 is 0 Å². The zero-order valence-electron chi connectivity index (χ0n) is 11.8. The van der Waals surface area contributed by atoms with Crippen molar-refractivity contribution in [2.45, 2.75) is 65.3 Å². The van der Waals surface area contributed by atoms with Gasteiger partial charge in [-0.2, -0.15) is 0 Å². The summed E-state index contributed by atoms with van der Waals surface area (Å²) in [5.74, 6) is 0. The molecule has 1 atom stereocenters. The summed E-state index contributed by atoms with van der Waals surface area (Å²) in [6.07, 6.45) is 8.49. The van der Waals surface area contributed by atoms with Crippen molar-refractivity contribution >= 4 is 0 Å². The molecule has 0 aliphatic rings. The number of unbranched alkanes of at least 4 members (excludes halogenated alkanes) is 5. The minimum Gasteiger partial charge on any atom is -0.324 e. The van der Waals surface area contributed by atoms with Crippen LogP contribution in [0.1, 0.15) is 70.9 Å². The predicted molar refractivity (Wildman–Crippen MR) is 78.1 cm³/mol. The van der Waals surface area contributed by atoms with Crippen LogP contribution in [-0.2, 0) is 0 Å². The second-order valence-electron chi connectivity index (χ2n) is 4.61. The Balaban J connectivity index is 0.000000304. The number of benzene rings is 1. The van der Waals surface area contributed by atoms with Crippen LogP contribution in [0, 0.1) is 0 Å². The highest BCUT2D eigenvalue weighted by molar-refractivity contribution is 5.17. The quantitative estimate of drug-likeness (QED) is 0.684. The van der Waals surface area contributed by atoms with Crippen LogP contribution in [0.5, 0.6) is 0 Å². The van der Waals surface area contributed by atoms with E-state index in [1.54, 1.807) is 0 Å². The number of hydrogen-bond acceptors (Lipinski definition) is 1. The molecular weight excluding hydrogens is 206 g/mol. The summed E-state index contributed by atoms with van der Waals surface area (Å²) >= 11 is 0. The smallest absolute Gasteiger partial charge is 0.0266 e. The van der Waals surface area contributed by atoms with Crippen molar-refractivity contribution in [3.63, 3.8) is 0 Å². The van der Waals surface area contributed by atoms with Gasteiger partial charge in [0.05, 0.1) is 0 Å². The fourth-order valence-corrected chi connectivity index (χ4v) is 1.61. The van der Waals surface area contributed by atoms with E-state index < -0.39 is 0 Å². The molecular formula is C16H29N. The van der Waals surface area contributed by atoms with E-state index in [0.717, 1.165) is 0 Å². The van der Waals surface area contributed by atoms with Gasteiger partial charge in [-0.3, -0.25) is 0 Å². The van der Waals surface area contributed by atoms with Gasteiger partial charge in [0.1, 0.15) is 0 Å². The average molecular weight is 235 g/mol. The summed E-state index contributed by atoms with van der Waals surface area (Å²) in [6, 6.07) is 10.2. The third-order valence-corrected chi connectivity index (χ3v) is 2.78. The van der Waals surface area contributed by atoms with E-state index in [-0.39, 0.29) is 6.04 Å². The lowest BCUT2D eigenvalue weighted by Gasteiger charge is -2.02. The summed E-state index contributed by atoms with van der Waals surface area (Å²) in [6.45, 7) is 6.49. The molecule has 0 aliphatic carbocycles. The van der Waals surface area contributed by atoms with Gasteiger partial charge in [-0.1, -0.05) is 82.7 Å². The van der Waals surface area contributed by atoms with Crippen molar-refractivity contribution in [3.8, 4) is 0 Å². The van der Waals surface area contributed by atoms with Crippen molar-refractivity contribution in [1.29, 1.82) is 0 Å². The minimum absolute atomic E-state index is 0.159. The summed E-state index contributed by atoms with van der Waals surface area (Å²) in [5.41, 5.74) is 6.81. The Kier molecular flexibility index (Phi) is 11.1. The van der Waals surface area contributed by atoms with Crippen LogP contribution in [0.4, 0.5) is 0 Å². The first-order valence-electron chi connectivity index (χ1n) is 7.02. The summed E-state index contributed by atoms with van der Waals surface area (Å²) in [7, 11) is 0. The molecule has 0 aromatic heterocycles. The normalized spacial score (nSPS) is 11.5. The van der Waals surface area contributed by atoms with Gasteiger partial charge in [0.15, 0.2) is 0 Å². The first-order chi connectivity index (χ1) is 8.22. The molecule has 1 heteroatoms. The Bertz CT molecular complexity index is 235. The minimum atomic E-state index is 0.159. The van der Waals surface area contributed by atoms with Gasteiger partial charge in [0.25, 0.3) is 0 Å². The Morgan fingerprint density at radius 3 is 1.65 bits per heavy atom. The summed E-state index contributed by atoms with van der Waals surface area (Å²) in [5, 5.41) is 0. The monoisotopic (exact) mass is 235 g/mol. The van der Waals surface area contributed by atoms with Crippen LogP contribution in [0.25, 0.3) is 0 Å². The highest BCUT2D eigenvalue weighted by atomic mass is 14.6. The molecule has 17 heavy (non-hydrogen) atoms. The number of hydrogen-bond donors (Lipinski definition) is 1. The average Bonchev–Trinajstić information content (AvgIpc) is 2.37. The van der Waals surface area contributed by atoms with Gasteiger partial charge in [0, 0.05) is 6.04 Å². The van der Waals surface area contributed by atoms with Gasteiger partial charge in [-0.25, -0.2) is 0 Å². The molecule has 2 N–H and O–H groups in total.